The molecular weight excluding hydrogens is 328 g/mol. The highest BCUT2D eigenvalue weighted by Crippen LogP contribution is 2.30. The van der Waals surface area contributed by atoms with Crippen LogP contribution in [0.4, 0.5) is 0 Å². The molecule has 0 saturated heterocycles. The number of hydrogen-bond acceptors (Lipinski definition) is 4. The highest BCUT2D eigenvalue weighted by molar-refractivity contribution is 5.95. The number of amides is 1. The van der Waals surface area contributed by atoms with Crippen molar-refractivity contribution < 1.29 is 14.6 Å². The summed E-state index contributed by atoms with van der Waals surface area (Å²) in [5, 5.41) is 10.8. The molecule has 0 saturated carbocycles. The zero-order valence-electron chi connectivity index (χ0n) is 14.6. The number of benzene rings is 2. The van der Waals surface area contributed by atoms with E-state index in [9.17, 15) is 9.90 Å². The number of carbonyl (C=O) groups excluding carboxylic acids is 1. The van der Waals surface area contributed by atoms with Crippen LogP contribution in [-0.4, -0.2) is 41.2 Å². The minimum absolute atomic E-state index is 0.104. The lowest BCUT2D eigenvalue weighted by Crippen LogP contribution is -2.41. The Labute approximate surface area is 151 Å². The summed E-state index contributed by atoms with van der Waals surface area (Å²) in [6, 6.07) is 16.8. The summed E-state index contributed by atoms with van der Waals surface area (Å²) in [5.74, 6) is 0.600. The number of carbonyl (C=O) groups is 1. The lowest BCUT2D eigenvalue weighted by molar-refractivity contribution is 0.0563. The third kappa shape index (κ3) is 2.80. The predicted molar refractivity (Wildman–Crippen MR) is 99.3 cm³/mol. The maximum atomic E-state index is 13.1. The Hall–Kier alpha value is -2.92. The second-order valence-corrected chi connectivity index (χ2v) is 6.40. The Kier molecular flexibility index (Phi) is 4.31. The van der Waals surface area contributed by atoms with Crippen molar-refractivity contribution in [1.82, 2.24) is 9.88 Å². The minimum Gasteiger partial charge on any atom is -0.497 e. The van der Waals surface area contributed by atoms with Gasteiger partial charge in [-0.15, -0.1) is 0 Å². The second-order valence-electron chi connectivity index (χ2n) is 6.40. The quantitative estimate of drug-likeness (QED) is 0.790. The maximum Gasteiger partial charge on any atom is 0.273 e. The van der Waals surface area contributed by atoms with Crippen molar-refractivity contribution in [2.75, 3.05) is 20.3 Å². The van der Waals surface area contributed by atoms with E-state index in [-0.39, 0.29) is 18.6 Å². The van der Waals surface area contributed by atoms with Gasteiger partial charge < -0.3 is 14.7 Å². The summed E-state index contributed by atoms with van der Waals surface area (Å²) in [6.07, 6.45) is 0.781. The number of hydrogen-bond donors (Lipinski definition) is 1. The van der Waals surface area contributed by atoms with Gasteiger partial charge in [-0.25, -0.2) is 4.98 Å². The zero-order valence-corrected chi connectivity index (χ0v) is 14.6. The van der Waals surface area contributed by atoms with Gasteiger partial charge in [-0.05, 0) is 41.8 Å². The fraction of sp³-hybridized carbons (Fsp3) is 0.238. The van der Waals surface area contributed by atoms with Gasteiger partial charge in [0, 0.05) is 11.9 Å². The number of methoxy groups -OCH3 is 1. The first-order chi connectivity index (χ1) is 12.7. The molecule has 26 heavy (non-hydrogen) atoms. The Bertz CT molecular complexity index is 970. The Morgan fingerprint density at radius 1 is 1.23 bits per heavy atom. The van der Waals surface area contributed by atoms with Crippen molar-refractivity contribution in [2.24, 2.45) is 0 Å². The zero-order chi connectivity index (χ0) is 18.1. The van der Waals surface area contributed by atoms with E-state index in [1.165, 1.54) is 5.56 Å². The Morgan fingerprint density at radius 2 is 2.08 bits per heavy atom. The van der Waals surface area contributed by atoms with E-state index in [0.29, 0.717) is 12.2 Å². The molecule has 4 rings (SSSR count). The number of ether oxygens (including phenoxy) is 1. The van der Waals surface area contributed by atoms with E-state index >= 15 is 0 Å². The topological polar surface area (TPSA) is 62.7 Å². The summed E-state index contributed by atoms with van der Waals surface area (Å²) < 4.78 is 5.23. The molecular formula is C21H20N2O3. The molecule has 0 spiro atoms. The number of aliphatic hydroxyl groups is 1. The summed E-state index contributed by atoms with van der Waals surface area (Å²) in [7, 11) is 1.62. The summed E-state index contributed by atoms with van der Waals surface area (Å²) >= 11 is 0. The highest BCUT2D eigenvalue weighted by Gasteiger charge is 2.31. The van der Waals surface area contributed by atoms with Crippen LogP contribution in [0.25, 0.3) is 10.9 Å². The van der Waals surface area contributed by atoms with Crippen LogP contribution in [0.3, 0.4) is 0 Å². The third-order valence-electron chi connectivity index (χ3n) is 4.96. The van der Waals surface area contributed by atoms with Crippen LogP contribution in [-0.2, 0) is 6.42 Å². The maximum absolute atomic E-state index is 13.1. The number of pyridine rings is 1. The normalized spacial score (nSPS) is 16.4. The van der Waals surface area contributed by atoms with E-state index in [0.717, 1.165) is 28.6 Å². The molecule has 1 amide bonds. The summed E-state index contributed by atoms with van der Waals surface area (Å²) in [6.45, 7) is 0.469. The SMILES string of the molecule is COc1ccc2nc(C(=O)N3CCc4ccccc4C3CO)ccc2c1. The van der Waals surface area contributed by atoms with E-state index in [1.807, 2.05) is 42.5 Å². The largest absolute Gasteiger partial charge is 0.497 e. The smallest absolute Gasteiger partial charge is 0.273 e. The van der Waals surface area contributed by atoms with Crippen molar-refractivity contribution in [1.29, 1.82) is 0 Å². The number of aromatic nitrogens is 1. The lowest BCUT2D eigenvalue weighted by Gasteiger charge is -2.36. The van der Waals surface area contributed by atoms with Crippen LogP contribution >= 0.6 is 0 Å². The first kappa shape index (κ1) is 16.5. The first-order valence-electron chi connectivity index (χ1n) is 8.65. The molecule has 0 bridgehead atoms. The predicted octanol–water partition coefficient (Wildman–Crippen LogP) is 2.98. The Morgan fingerprint density at radius 3 is 2.88 bits per heavy atom. The molecule has 1 aromatic heterocycles. The van der Waals surface area contributed by atoms with Gasteiger partial charge in [-0.2, -0.15) is 0 Å². The van der Waals surface area contributed by atoms with Gasteiger partial charge in [0.05, 0.1) is 25.3 Å². The van der Waals surface area contributed by atoms with E-state index < -0.39 is 0 Å². The molecule has 1 unspecified atom stereocenters. The fourth-order valence-electron chi connectivity index (χ4n) is 3.59. The monoisotopic (exact) mass is 348 g/mol. The van der Waals surface area contributed by atoms with Crippen LogP contribution in [0.1, 0.15) is 27.7 Å². The van der Waals surface area contributed by atoms with E-state index in [2.05, 4.69) is 11.1 Å². The lowest BCUT2D eigenvalue weighted by atomic mass is 9.92. The molecule has 3 aromatic rings. The first-order valence-corrected chi connectivity index (χ1v) is 8.65. The molecule has 2 aromatic carbocycles. The molecule has 0 fully saturated rings. The van der Waals surface area contributed by atoms with Gasteiger partial charge in [0.25, 0.3) is 5.91 Å². The average Bonchev–Trinajstić information content (AvgIpc) is 2.71. The standard InChI is InChI=1S/C21H20N2O3/c1-26-16-7-9-18-15(12-16)6-8-19(22-18)21(25)23-11-10-14-4-2-3-5-17(14)20(23)13-24/h2-9,12,20,24H,10-11,13H2,1H3. The molecule has 1 N–H and O–H groups in total. The minimum atomic E-state index is -0.333. The molecule has 1 aliphatic heterocycles. The third-order valence-corrected chi connectivity index (χ3v) is 4.96. The molecule has 2 heterocycles. The van der Waals surface area contributed by atoms with Crippen molar-refractivity contribution in [2.45, 2.75) is 12.5 Å². The number of aliphatic hydroxyl groups excluding tert-OH is 1. The number of fused-ring (bicyclic) bond motifs is 2. The van der Waals surface area contributed by atoms with Gasteiger partial charge in [-0.1, -0.05) is 30.3 Å². The van der Waals surface area contributed by atoms with E-state index in [4.69, 9.17) is 4.74 Å². The highest BCUT2D eigenvalue weighted by atomic mass is 16.5. The van der Waals surface area contributed by atoms with Crippen LogP contribution in [0.15, 0.2) is 54.6 Å². The van der Waals surface area contributed by atoms with Gasteiger partial charge >= 0.3 is 0 Å². The average molecular weight is 348 g/mol. The molecule has 1 aliphatic rings. The summed E-state index contributed by atoms with van der Waals surface area (Å²) in [4.78, 5) is 19.3. The van der Waals surface area contributed by atoms with Crippen molar-refractivity contribution in [3.63, 3.8) is 0 Å². The van der Waals surface area contributed by atoms with Crippen LogP contribution in [0, 0.1) is 0 Å². The van der Waals surface area contributed by atoms with Crippen molar-refractivity contribution >= 4 is 16.8 Å². The van der Waals surface area contributed by atoms with Crippen molar-refractivity contribution in [3.8, 4) is 5.75 Å². The molecule has 0 radical (unpaired) electrons. The number of nitrogens with zero attached hydrogens (tertiary/aromatic N) is 2. The summed E-state index contributed by atoms with van der Waals surface area (Å²) in [5.41, 5.74) is 3.34. The fourth-order valence-corrected chi connectivity index (χ4v) is 3.59. The van der Waals surface area contributed by atoms with Crippen molar-refractivity contribution in [3.05, 3.63) is 71.4 Å². The van der Waals surface area contributed by atoms with Gasteiger partial charge in [0.1, 0.15) is 11.4 Å². The van der Waals surface area contributed by atoms with E-state index in [1.54, 1.807) is 18.1 Å². The molecule has 0 aliphatic carbocycles. The molecule has 5 nitrogen and oxygen atoms in total. The molecule has 1 atom stereocenters. The number of rotatable bonds is 3. The Balaban J connectivity index is 1.68. The van der Waals surface area contributed by atoms with Gasteiger partial charge in [-0.3, -0.25) is 4.79 Å². The van der Waals surface area contributed by atoms with Crippen LogP contribution < -0.4 is 4.74 Å². The van der Waals surface area contributed by atoms with Crippen LogP contribution in [0.2, 0.25) is 0 Å². The molecule has 132 valence electrons. The van der Waals surface area contributed by atoms with Crippen LogP contribution in [0.5, 0.6) is 5.75 Å². The second kappa shape index (κ2) is 6.77. The van der Waals surface area contributed by atoms with Gasteiger partial charge in [0.15, 0.2) is 0 Å². The van der Waals surface area contributed by atoms with Gasteiger partial charge in [0.2, 0.25) is 0 Å². The molecule has 5 heteroatoms.